The molecular weight excluding hydrogens is 451 g/mol. The highest BCUT2D eigenvalue weighted by molar-refractivity contribution is 6.31. The van der Waals surface area contributed by atoms with Crippen molar-refractivity contribution in [3.8, 4) is 0 Å². The smallest absolute Gasteiger partial charge is 0.0720 e. The average Bonchev–Trinajstić information content (AvgIpc) is 2.82. The molecule has 0 saturated carbocycles. The SMILES string of the molecule is NCCCCCCCCC(N)(c1ccnc2cc(Cl)ccc12)c1ccnc2cc(Cl)ccc12. The number of fused-ring (bicyclic) bond motifs is 2. The quantitative estimate of drug-likeness (QED) is 0.240. The summed E-state index contributed by atoms with van der Waals surface area (Å²) in [6.07, 6.45) is 11.3. The van der Waals surface area contributed by atoms with Crippen LogP contribution in [0.3, 0.4) is 0 Å². The highest BCUT2D eigenvalue weighted by Gasteiger charge is 2.32. The topological polar surface area (TPSA) is 77.8 Å². The Hall–Kier alpha value is -2.24. The molecule has 0 radical (unpaired) electrons. The first-order valence-corrected chi connectivity index (χ1v) is 12.4. The molecule has 0 unspecified atom stereocenters. The number of benzene rings is 2. The molecule has 0 bridgehead atoms. The number of unbranched alkanes of at least 4 members (excludes halogenated alkanes) is 5. The predicted molar refractivity (Wildman–Crippen MR) is 140 cm³/mol. The van der Waals surface area contributed by atoms with Gasteiger partial charge in [-0.25, -0.2) is 0 Å². The lowest BCUT2D eigenvalue weighted by atomic mass is 9.77. The Morgan fingerprint density at radius 2 is 1.15 bits per heavy atom. The molecule has 0 amide bonds. The second-order valence-electron chi connectivity index (χ2n) is 8.67. The summed E-state index contributed by atoms with van der Waals surface area (Å²) in [6, 6.07) is 15.7. The Kier molecular flexibility index (Phi) is 7.82. The minimum absolute atomic E-state index is 0.663. The van der Waals surface area contributed by atoms with E-state index >= 15 is 0 Å². The van der Waals surface area contributed by atoms with Crippen LogP contribution in [0.15, 0.2) is 60.9 Å². The van der Waals surface area contributed by atoms with E-state index in [1.54, 1.807) is 0 Å². The van der Waals surface area contributed by atoms with E-state index < -0.39 is 5.54 Å². The molecule has 0 fully saturated rings. The van der Waals surface area contributed by atoms with Crippen LogP contribution in [0.2, 0.25) is 10.0 Å². The summed E-state index contributed by atoms with van der Waals surface area (Å²) in [5.41, 5.74) is 16.1. The number of nitrogens with zero attached hydrogens (tertiary/aromatic N) is 2. The van der Waals surface area contributed by atoms with Gasteiger partial charge in [-0.05, 0) is 66.9 Å². The Bertz CT molecular complexity index is 1160. The summed E-state index contributed by atoms with van der Waals surface area (Å²) in [4.78, 5) is 9.08. The van der Waals surface area contributed by atoms with Crippen molar-refractivity contribution in [1.29, 1.82) is 0 Å². The number of rotatable bonds is 10. The van der Waals surface area contributed by atoms with Gasteiger partial charge in [0.2, 0.25) is 0 Å². The van der Waals surface area contributed by atoms with Gasteiger partial charge in [0.1, 0.15) is 0 Å². The Morgan fingerprint density at radius 1 is 0.667 bits per heavy atom. The van der Waals surface area contributed by atoms with Gasteiger partial charge in [-0.15, -0.1) is 0 Å². The van der Waals surface area contributed by atoms with Crippen LogP contribution in [0.5, 0.6) is 0 Å². The number of halogens is 2. The summed E-state index contributed by atoms with van der Waals surface area (Å²) in [7, 11) is 0. The second kappa shape index (κ2) is 10.8. The number of aromatic nitrogens is 2. The van der Waals surface area contributed by atoms with Crippen molar-refractivity contribution in [1.82, 2.24) is 9.97 Å². The lowest BCUT2D eigenvalue weighted by molar-refractivity contribution is 0.457. The van der Waals surface area contributed by atoms with Crippen LogP contribution in [-0.2, 0) is 5.54 Å². The maximum atomic E-state index is 7.37. The van der Waals surface area contributed by atoms with Crippen molar-refractivity contribution in [2.45, 2.75) is 50.5 Å². The van der Waals surface area contributed by atoms with E-state index in [2.05, 4.69) is 9.97 Å². The lowest BCUT2D eigenvalue weighted by Crippen LogP contribution is -2.38. The minimum Gasteiger partial charge on any atom is -0.330 e. The third-order valence-electron chi connectivity index (χ3n) is 6.40. The minimum atomic E-state index is -0.707. The van der Waals surface area contributed by atoms with Gasteiger partial charge < -0.3 is 11.5 Å². The molecule has 172 valence electrons. The highest BCUT2D eigenvalue weighted by Crippen LogP contribution is 2.39. The van der Waals surface area contributed by atoms with E-state index in [4.69, 9.17) is 34.7 Å². The first kappa shape index (κ1) is 23.9. The van der Waals surface area contributed by atoms with Crippen molar-refractivity contribution in [2.24, 2.45) is 11.5 Å². The second-order valence-corrected chi connectivity index (χ2v) is 9.54. The molecule has 6 heteroatoms. The van der Waals surface area contributed by atoms with Crippen LogP contribution in [0, 0.1) is 0 Å². The van der Waals surface area contributed by atoms with E-state index in [0.29, 0.717) is 10.0 Å². The molecule has 2 heterocycles. The first-order valence-electron chi connectivity index (χ1n) is 11.6. The molecule has 0 aliphatic rings. The molecule has 0 saturated heterocycles. The van der Waals surface area contributed by atoms with Gasteiger partial charge in [0, 0.05) is 33.2 Å². The monoisotopic (exact) mass is 480 g/mol. The zero-order valence-corrected chi connectivity index (χ0v) is 20.2. The van der Waals surface area contributed by atoms with Crippen LogP contribution in [0.25, 0.3) is 21.8 Å². The normalized spacial score (nSPS) is 12.0. The Balaban J connectivity index is 1.76. The molecule has 33 heavy (non-hydrogen) atoms. The van der Waals surface area contributed by atoms with Crippen LogP contribution in [0.1, 0.15) is 56.1 Å². The van der Waals surface area contributed by atoms with Crippen molar-refractivity contribution in [3.05, 3.63) is 82.1 Å². The molecule has 2 aromatic carbocycles. The molecule has 0 atom stereocenters. The molecule has 0 aliphatic heterocycles. The van der Waals surface area contributed by atoms with E-state index in [0.717, 1.165) is 65.2 Å². The zero-order valence-electron chi connectivity index (χ0n) is 18.7. The van der Waals surface area contributed by atoms with Crippen LogP contribution in [-0.4, -0.2) is 16.5 Å². The fourth-order valence-corrected chi connectivity index (χ4v) is 5.02. The highest BCUT2D eigenvalue weighted by atomic mass is 35.5. The first-order chi connectivity index (χ1) is 16.0. The summed E-state index contributed by atoms with van der Waals surface area (Å²) in [6.45, 7) is 0.768. The third kappa shape index (κ3) is 5.30. The van der Waals surface area contributed by atoms with Gasteiger partial charge in [0.25, 0.3) is 0 Å². The van der Waals surface area contributed by atoms with Crippen molar-refractivity contribution in [3.63, 3.8) is 0 Å². The molecule has 4 rings (SSSR count). The van der Waals surface area contributed by atoms with Crippen LogP contribution >= 0.6 is 23.2 Å². The predicted octanol–water partition coefficient (Wildman–Crippen LogP) is 6.98. The largest absolute Gasteiger partial charge is 0.330 e. The fraction of sp³-hybridized carbons (Fsp3) is 0.333. The summed E-state index contributed by atoms with van der Waals surface area (Å²) < 4.78 is 0. The van der Waals surface area contributed by atoms with Gasteiger partial charge in [-0.1, -0.05) is 67.4 Å². The molecule has 0 aliphatic carbocycles. The average molecular weight is 481 g/mol. The maximum Gasteiger partial charge on any atom is 0.0720 e. The molecule has 0 spiro atoms. The summed E-state index contributed by atoms with van der Waals surface area (Å²) in [5, 5.41) is 3.37. The fourth-order valence-electron chi connectivity index (χ4n) is 4.69. The van der Waals surface area contributed by atoms with Crippen LogP contribution < -0.4 is 11.5 Å². The Morgan fingerprint density at radius 3 is 1.67 bits per heavy atom. The van der Waals surface area contributed by atoms with Crippen molar-refractivity contribution in [2.75, 3.05) is 6.54 Å². The van der Waals surface area contributed by atoms with E-state index in [1.807, 2.05) is 60.9 Å². The number of hydrogen-bond donors (Lipinski definition) is 2. The number of hydrogen-bond acceptors (Lipinski definition) is 4. The third-order valence-corrected chi connectivity index (χ3v) is 6.87. The van der Waals surface area contributed by atoms with Crippen molar-refractivity contribution < 1.29 is 0 Å². The van der Waals surface area contributed by atoms with Crippen molar-refractivity contribution >= 4 is 45.0 Å². The van der Waals surface area contributed by atoms with Gasteiger partial charge >= 0.3 is 0 Å². The molecule has 4 aromatic rings. The van der Waals surface area contributed by atoms with Crippen LogP contribution in [0.4, 0.5) is 0 Å². The van der Waals surface area contributed by atoms with Gasteiger partial charge in [0.15, 0.2) is 0 Å². The maximum absolute atomic E-state index is 7.37. The molecule has 2 aromatic heterocycles. The zero-order chi connectivity index (χ0) is 23.3. The number of nitrogens with two attached hydrogens (primary N) is 2. The van der Waals surface area contributed by atoms with Gasteiger partial charge in [-0.3, -0.25) is 9.97 Å². The standard InChI is InChI=1S/C27H30Cl2N4/c28-19-7-9-21-23(11-15-32-25(21)17-19)27(31,13-5-3-1-2-4-6-14-30)24-12-16-33-26-18-20(29)8-10-22(24)26/h7-12,15-18H,1-6,13-14,30-31H2. The molecular formula is C27H30Cl2N4. The molecule has 4 nitrogen and oxygen atoms in total. The van der Waals surface area contributed by atoms with Gasteiger partial charge in [0.05, 0.1) is 16.6 Å². The summed E-state index contributed by atoms with van der Waals surface area (Å²) in [5.74, 6) is 0. The lowest BCUT2D eigenvalue weighted by Gasteiger charge is -2.33. The van der Waals surface area contributed by atoms with E-state index in [9.17, 15) is 0 Å². The number of pyridine rings is 2. The summed E-state index contributed by atoms with van der Waals surface area (Å²) >= 11 is 12.5. The van der Waals surface area contributed by atoms with E-state index in [-0.39, 0.29) is 0 Å². The molecule has 4 N–H and O–H groups in total. The van der Waals surface area contributed by atoms with E-state index in [1.165, 1.54) is 19.3 Å². The Labute approximate surface area is 205 Å². The van der Waals surface area contributed by atoms with Gasteiger partial charge in [-0.2, -0.15) is 0 Å².